The van der Waals surface area contributed by atoms with Gasteiger partial charge in [0.2, 0.25) is 5.91 Å². The van der Waals surface area contributed by atoms with Crippen molar-refractivity contribution in [2.45, 2.75) is 33.2 Å². The minimum atomic E-state index is -0.436. The molecule has 1 unspecified atom stereocenters. The minimum absolute atomic E-state index is 0.140. The second kappa shape index (κ2) is 7.14. The topological polar surface area (TPSA) is 59.8 Å². The average molecular weight is 422 g/mol. The van der Waals surface area contributed by atoms with Crippen LogP contribution in [0.1, 0.15) is 30.8 Å². The van der Waals surface area contributed by atoms with E-state index in [4.69, 9.17) is 11.6 Å². The zero-order chi connectivity index (χ0) is 18.1. The highest BCUT2D eigenvalue weighted by Crippen LogP contribution is 2.30. The first-order valence-electron chi connectivity index (χ1n) is 7.99. The molecule has 0 fully saturated rings. The Balaban J connectivity index is 1.96. The van der Waals surface area contributed by atoms with Gasteiger partial charge in [-0.2, -0.15) is 5.10 Å². The lowest BCUT2D eigenvalue weighted by atomic mass is 10.1. The second-order valence-electron chi connectivity index (χ2n) is 5.84. The first-order valence-corrected chi connectivity index (χ1v) is 9.16. The molecule has 0 aliphatic heterocycles. The molecule has 0 saturated carbocycles. The van der Waals surface area contributed by atoms with Crippen molar-refractivity contribution in [3.63, 3.8) is 0 Å². The zero-order valence-electron chi connectivity index (χ0n) is 14.2. The van der Waals surface area contributed by atoms with E-state index in [1.165, 1.54) is 0 Å². The second-order valence-corrected chi connectivity index (χ2v) is 7.07. The van der Waals surface area contributed by atoms with E-state index >= 15 is 0 Å². The molecule has 3 aromatic rings. The number of carbonyl (C=O) groups excluding carboxylic acids is 1. The maximum atomic E-state index is 12.9. The fraction of sp³-hybridized carbons (Fsp3) is 0.278. The highest BCUT2D eigenvalue weighted by molar-refractivity contribution is 9.10. The van der Waals surface area contributed by atoms with Crippen LogP contribution in [0.2, 0.25) is 5.02 Å². The first-order chi connectivity index (χ1) is 11.9. The molecular weight excluding hydrogens is 404 g/mol. The fourth-order valence-electron chi connectivity index (χ4n) is 2.87. The summed E-state index contributed by atoms with van der Waals surface area (Å²) in [6.07, 6.45) is 2.31. The van der Waals surface area contributed by atoms with Crippen LogP contribution in [-0.4, -0.2) is 20.7 Å². The van der Waals surface area contributed by atoms with E-state index in [2.05, 4.69) is 31.3 Å². The summed E-state index contributed by atoms with van der Waals surface area (Å²) in [5, 5.41) is 8.96. The predicted molar refractivity (Wildman–Crippen MR) is 104 cm³/mol. The van der Waals surface area contributed by atoms with Gasteiger partial charge < -0.3 is 5.32 Å². The zero-order valence-corrected chi connectivity index (χ0v) is 16.5. The number of amides is 1. The quantitative estimate of drug-likeness (QED) is 0.641. The Morgan fingerprint density at radius 2 is 2.12 bits per heavy atom. The maximum absolute atomic E-state index is 12.9. The van der Waals surface area contributed by atoms with E-state index in [1.807, 2.05) is 45.0 Å². The van der Waals surface area contributed by atoms with E-state index in [0.29, 0.717) is 17.1 Å². The van der Waals surface area contributed by atoms with Crippen LogP contribution in [-0.2, 0) is 4.79 Å². The lowest BCUT2D eigenvalue weighted by molar-refractivity contribution is -0.119. The fourth-order valence-corrected chi connectivity index (χ4v) is 3.45. The number of hydrogen-bond acceptors (Lipinski definition) is 3. The number of rotatable bonds is 4. The van der Waals surface area contributed by atoms with E-state index in [1.54, 1.807) is 10.9 Å². The van der Waals surface area contributed by atoms with Crippen LogP contribution >= 0.6 is 27.5 Å². The number of aromatic nitrogens is 3. The number of carbonyl (C=O) groups is 1. The van der Waals surface area contributed by atoms with Crippen LogP contribution in [0.15, 0.2) is 34.9 Å². The number of fused-ring (bicyclic) bond motifs is 1. The number of pyridine rings is 1. The van der Waals surface area contributed by atoms with E-state index in [-0.39, 0.29) is 5.91 Å². The predicted octanol–water partition coefficient (Wildman–Crippen LogP) is 5.05. The van der Waals surface area contributed by atoms with Gasteiger partial charge in [-0.25, -0.2) is 0 Å². The Morgan fingerprint density at radius 1 is 1.36 bits per heavy atom. The highest BCUT2D eigenvalue weighted by Gasteiger charge is 2.24. The van der Waals surface area contributed by atoms with Gasteiger partial charge in [-0.15, -0.1) is 0 Å². The van der Waals surface area contributed by atoms with Gasteiger partial charge in [-0.05, 0) is 38.5 Å². The lowest BCUT2D eigenvalue weighted by Crippen LogP contribution is -2.27. The van der Waals surface area contributed by atoms with Crippen molar-refractivity contribution in [1.29, 1.82) is 0 Å². The van der Waals surface area contributed by atoms with E-state index in [0.717, 1.165) is 26.8 Å². The van der Waals surface area contributed by atoms with Crippen molar-refractivity contribution in [3.05, 3.63) is 51.3 Å². The molecule has 1 atom stereocenters. The Morgan fingerprint density at radius 3 is 2.76 bits per heavy atom. The highest BCUT2D eigenvalue weighted by atomic mass is 79.9. The summed E-state index contributed by atoms with van der Waals surface area (Å²) in [6.45, 7) is 5.66. The molecule has 0 aliphatic rings. The normalized spacial score (nSPS) is 12.4. The van der Waals surface area contributed by atoms with Crippen LogP contribution in [0.4, 0.5) is 5.69 Å². The van der Waals surface area contributed by atoms with Gasteiger partial charge in [0.1, 0.15) is 6.04 Å². The van der Waals surface area contributed by atoms with Crippen molar-refractivity contribution in [2.24, 2.45) is 0 Å². The molecule has 0 saturated heterocycles. The van der Waals surface area contributed by atoms with Gasteiger partial charge in [0.25, 0.3) is 0 Å². The summed E-state index contributed by atoms with van der Waals surface area (Å²) in [4.78, 5) is 17.3. The number of halogens is 2. The molecule has 1 N–H and O–H groups in total. The Labute approximate surface area is 159 Å². The molecule has 2 aromatic heterocycles. The molecule has 5 nitrogen and oxygen atoms in total. The van der Waals surface area contributed by atoms with Crippen molar-refractivity contribution in [2.75, 3.05) is 5.32 Å². The van der Waals surface area contributed by atoms with Crippen molar-refractivity contribution in [3.8, 4) is 0 Å². The molecule has 0 spiro atoms. The summed E-state index contributed by atoms with van der Waals surface area (Å²) in [5.74, 6) is -0.140. The van der Waals surface area contributed by atoms with Crippen LogP contribution < -0.4 is 5.32 Å². The molecule has 0 aliphatic carbocycles. The third-order valence-electron chi connectivity index (χ3n) is 4.20. The molecular formula is C18H18BrClN4O. The largest absolute Gasteiger partial charge is 0.322 e. The number of aryl methyl sites for hydroxylation is 1. The third-order valence-corrected chi connectivity index (χ3v) is 5.43. The van der Waals surface area contributed by atoms with Gasteiger partial charge in [0.05, 0.1) is 27.6 Å². The molecule has 3 rings (SSSR count). The van der Waals surface area contributed by atoms with Gasteiger partial charge in [0, 0.05) is 16.1 Å². The molecule has 1 aromatic carbocycles. The monoisotopic (exact) mass is 420 g/mol. The number of nitrogens with one attached hydrogen (secondary N) is 1. The van der Waals surface area contributed by atoms with Crippen molar-refractivity contribution in [1.82, 2.24) is 14.8 Å². The summed E-state index contributed by atoms with van der Waals surface area (Å²) in [7, 11) is 0. The van der Waals surface area contributed by atoms with Gasteiger partial charge >= 0.3 is 0 Å². The average Bonchev–Trinajstić information content (AvgIpc) is 2.86. The summed E-state index contributed by atoms with van der Waals surface area (Å²) >= 11 is 9.74. The van der Waals surface area contributed by atoms with Crippen LogP contribution in [0.25, 0.3) is 10.9 Å². The van der Waals surface area contributed by atoms with Crippen molar-refractivity contribution >= 4 is 50.0 Å². The van der Waals surface area contributed by atoms with E-state index < -0.39 is 6.04 Å². The Kier molecular flexibility index (Phi) is 5.11. The summed E-state index contributed by atoms with van der Waals surface area (Å²) in [5.41, 5.74) is 2.93. The SMILES string of the molecule is CCC(C(=O)Nc1ccc(Br)c2cccnc12)n1nc(C)c(Cl)c1C. The summed E-state index contributed by atoms with van der Waals surface area (Å²) < 4.78 is 2.63. The minimum Gasteiger partial charge on any atom is -0.322 e. The molecule has 1 amide bonds. The Bertz CT molecular complexity index is 954. The Hall–Kier alpha value is -1.92. The number of anilines is 1. The number of hydrogen-bond donors (Lipinski definition) is 1. The maximum Gasteiger partial charge on any atom is 0.249 e. The van der Waals surface area contributed by atoms with E-state index in [9.17, 15) is 4.79 Å². The van der Waals surface area contributed by atoms with Crippen molar-refractivity contribution < 1.29 is 4.79 Å². The molecule has 0 radical (unpaired) electrons. The van der Waals surface area contributed by atoms with Crippen LogP contribution in [0.5, 0.6) is 0 Å². The number of nitrogens with zero attached hydrogens (tertiary/aromatic N) is 3. The standard InChI is InChI=1S/C18H18BrClN4O/c1-4-15(24-11(3)16(20)10(2)23-24)18(25)22-14-8-7-13(19)12-6-5-9-21-17(12)14/h5-9,15H,4H2,1-3H3,(H,22,25). The number of benzene rings is 1. The van der Waals surface area contributed by atoms with Gasteiger partial charge in [0.15, 0.2) is 0 Å². The molecule has 2 heterocycles. The lowest BCUT2D eigenvalue weighted by Gasteiger charge is -2.18. The van der Waals surface area contributed by atoms with Crippen LogP contribution in [0, 0.1) is 13.8 Å². The van der Waals surface area contributed by atoms with Gasteiger partial charge in [-0.1, -0.05) is 40.5 Å². The summed E-state index contributed by atoms with van der Waals surface area (Å²) in [6, 6.07) is 7.14. The molecule has 25 heavy (non-hydrogen) atoms. The molecule has 0 bridgehead atoms. The smallest absolute Gasteiger partial charge is 0.249 e. The first kappa shape index (κ1) is 17.9. The third kappa shape index (κ3) is 3.28. The van der Waals surface area contributed by atoms with Crippen LogP contribution in [0.3, 0.4) is 0 Å². The molecule has 7 heteroatoms. The van der Waals surface area contributed by atoms with Gasteiger partial charge in [-0.3, -0.25) is 14.5 Å². The molecule has 130 valence electrons.